The highest BCUT2D eigenvalue weighted by Crippen LogP contribution is 2.27. The first kappa shape index (κ1) is 17.5. The van der Waals surface area contributed by atoms with Crippen molar-refractivity contribution in [3.63, 3.8) is 0 Å². The minimum atomic E-state index is 0.136. The van der Waals surface area contributed by atoms with Gasteiger partial charge in [-0.3, -0.25) is 0 Å². The van der Waals surface area contributed by atoms with E-state index in [-0.39, 0.29) is 5.54 Å². The third kappa shape index (κ3) is 6.76. The van der Waals surface area contributed by atoms with Gasteiger partial charge in [-0.05, 0) is 66.7 Å². The van der Waals surface area contributed by atoms with Gasteiger partial charge in [0.2, 0.25) is 0 Å². The van der Waals surface area contributed by atoms with Crippen LogP contribution in [-0.4, -0.2) is 12.1 Å². The summed E-state index contributed by atoms with van der Waals surface area (Å²) in [4.78, 5) is 0. The van der Waals surface area contributed by atoms with Crippen LogP contribution in [0.1, 0.15) is 53.0 Å². The zero-order chi connectivity index (χ0) is 15.2. The lowest BCUT2D eigenvalue weighted by Gasteiger charge is -2.21. The van der Waals surface area contributed by atoms with Crippen molar-refractivity contribution in [3.05, 3.63) is 28.2 Å². The molecule has 0 aliphatic carbocycles. The Bertz CT molecular complexity index is 412. The molecule has 1 N–H and O–H groups in total. The maximum Gasteiger partial charge on any atom is 0.133 e. The summed E-state index contributed by atoms with van der Waals surface area (Å²) >= 11 is 3.60. The van der Waals surface area contributed by atoms with Gasteiger partial charge in [0.25, 0.3) is 0 Å². The zero-order valence-corrected chi connectivity index (χ0v) is 15.0. The lowest BCUT2D eigenvalue weighted by atomic mass is 10.1. The van der Waals surface area contributed by atoms with Crippen LogP contribution in [0.4, 0.5) is 0 Å². The van der Waals surface area contributed by atoms with E-state index in [0.29, 0.717) is 5.92 Å². The number of benzene rings is 1. The normalized spacial score (nSPS) is 13.3. The standard InChI is InChI=1S/C17H28BrNO/c1-6-7-13(2)12-20-16-9-8-14(10-15(16)18)11-19-17(3,4)5/h8-10,13,19H,6-7,11-12H2,1-5H3. The van der Waals surface area contributed by atoms with E-state index < -0.39 is 0 Å². The Morgan fingerprint density at radius 3 is 2.55 bits per heavy atom. The second-order valence-electron chi connectivity index (χ2n) is 6.57. The molecule has 1 aromatic carbocycles. The van der Waals surface area contributed by atoms with Crippen LogP contribution in [0.3, 0.4) is 0 Å². The monoisotopic (exact) mass is 341 g/mol. The van der Waals surface area contributed by atoms with E-state index in [1.54, 1.807) is 0 Å². The highest BCUT2D eigenvalue weighted by molar-refractivity contribution is 9.10. The summed E-state index contributed by atoms with van der Waals surface area (Å²) in [7, 11) is 0. The van der Waals surface area contributed by atoms with Crippen molar-refractivity contribution in [2.24, 2.45) is 5.92 Å². The van der Waals surface area contributed by atoms with Gasteiger partial charge >= 0.3 is 0 Å². The van der Waals surface area contributed by atoms with Crippen molar-refractivity contribution in [3.8, 4) is 5.75 Å². The van der Waals surface area contributed by atoms with Crippen molar-refractivity contribution in [2.75, 3.05) is 6.61 Å². The molecule has 0 aromatic heterocycles. The van der Waals surface area contributed by atoms with Gasteiger partial charge in [0.1, 0.15) is 5.75 Å². The molecule has 0 radical (unpaired) electrons. The fraction of sp³-hybridized carbons (Fsp3) is 0.647. The summed E-state index contributed by atoms with van der Waals surface area (Å²) in [5.41, 5.74) is 1.40. The van der Waals surface area contributed by atoms with Crippen LogP contribution in [0, 0.1) is 5.92 Å². The minimum absolute atomic E-state index is 0.136. The van der Waals surface area contributed by atoms with E-state index in [9.17, 15) is 0 Å². The SMILES string of the molecule is CCCC(C)COc1ccc(CNC(C)(C)C)cc1Br. The van der Waals surface area contributed by atoms with Gasteiger partial charge in [0, 0.05) is 12.1 Å². The minimum Gasteiger partial charge on any atom is -0.492 e. The molecule has 0 heterocycles. The molecule has 0 aliphatic heterocycles. The lowest BCUT2D eigenvalue weighted by molar-refractivity contribution is 0.250. The fourth-order valence-electron chi connectivity index (χ4n) is 1.95. The fourth-order valence-corrected chi connectivity index (χ4v) is 2.49. The summed E-state index contributed by atoms with van der Waals surface area (Å²) in [6.07, 6.45) is 2.42. The van der Waals surface area contributed by atoms with Crippen molar-refractivity contribution in [1.29, 1.82) is 0 Å². The number of hydrogen-bond acceptors (Lipinski definition) is 2. The van der Waals surface area contributed by atoms with E-state index >= 15 is 0 Å². The summed E-state index contributed by atoms with van der Waals surface area (Å²) in [6.45, 7) is 12.6. The molecular weight excluding hydrogens is 314 g/mol. The maximum absolute atomic E-state index is 5.88. The molecule has 3 heteroatoms. The summed E-state index contributed by atoms with van der Waals surface area (Å²) < 4.78 is 6.92. The third-order valence-corrected chi connectivity index (χ3v) is 3.74. The van der Waals surface area contributed by atoms with Crippen LogP contribution in [0.15, 0.2) is 22.7 Å². The van der Waals surface area contributed by atoms with Crippen LogP contribution in [0.2, 0.25) is 0 Å². The van der Waals surface area contributed by atoms with Crippen molar-refractivity contribution < 1.29 is 4.74 Å². The second-order valence-corrected chi connectivity index (χ2v) is 7.43. The van der Waals surface area contributed by atoms with Gasteiger partial charge in [0.15, 0.2) is 0 Å². The first-order valence-corrected chi connectivity index (χ1v) is 8.27. The Kier molecular flexibility index (Phi) is 7.04. The number of hydrogen-bond donors (Lipinski definition) is 1. The van der Waals surface area contributed by atoms with Crippen LogP contribution < -0.4 is 10.1 Å². The Morgan fingerprint density at radius 1 is 1.30 bits per heavy atom. The molecule has 1 unspecified atom stereocenters. The van der Waals surface area contributed by atoms with E-state index in [4.69, 9.17) is 4.74 Å². The van der Waals surface area contributed by atoms with Crippen molar-refractivity contribution in [2.45, 2.75) is 59.5 Å². The molecule has 0 saturated carbocycles. The Hall–Kier alpha value is -0.540. The smallest absolute Gasteiger partial charge is 0.133 e. The highest BCUT2D eigenvalue weighted by atomic mass is 79.9. The molecule has 2 nitrogen and oxygen atoms in total. The number of halogens is 1. The van der Waals surface area contributed by atoms with Crippen LogP contribution in [0.25, 0.3) is 0 Å². The summed E-state index contributed by atoms with van der Waals surface area (Å²) in [5, 5.41) is 3.49. The lowest BCUT2D eigenvalue weighted by Crippen LogP contribution is -2.35. The number of rotatable bonds is 7. The van der Waals surface area contributed by atoms with E-state index in [1.165, 1.54) is 18.4 Å². The molecule has 0 saturated heterocycles. The number of ether oxygens (including phenoxy) is 1. The molecule has 0 fully saturated rings. The van der Waals surface area contributed by atoms with Gasteiger partial charge < -0.3 is 10.1 Å². The molecule has 1 rings (SSSR count). The first-order valence-electron chi connectivity index (χ1n) is 7.48. The molecular formula is C17H28BrNO. The van der Waals surface area contributed by atoms with Crippen LogP contribution in [0.5, 0.6) is 5.75 Å². The predicted octanol–water partition coefficient (Wildman–Crippen LogP) is 5.15. The Balaban J connectivity index is 2.55. The van der Waals surface area contributed by atoms with Gasteiger partial charge in [-0.2, -0.15) is 0 Å². The van der Waals surface area contributed by atoms with Crippen LogP contribution >= 0.6 is 15.9 Å². The summed E-state index contributed by atoms with van der Waals surface area (Å²) in [6, 6.07) is 6.32. The molecule has 1 atom stereocenters. The van der Waals surface area contributed by atoms with Crippen molar-refractivity contribution >= 4 is 15.9 Å². The highest BCUT2D eigenvalue weighted by Gasteiger charge is 2.10. The van der Waals surface area contributed by atoms with E-state index in [2.05, 4.69) is 74.1 Å². The molecule has 20 heavy (non-hydrogen) atoms. The number of nitrogens with one attached hydrogen (secondary N) is 1. The summed E-state index contributed by atoms with van der Waals surface area (Å²) in [5.74, 6) is 1.54. The van der Waals surface area contributed by atoms with Gasteiger partial charge in [-0.1, -0.05) is 26.3 Å². The molecule has 0 aliphatic rings. The molecule has 0 bridgehead atoms. The molecule has 0 spiro atoms. The predicted molar refractivity (Wildman–Crippen MR) is 90.3 cm³/mol. The Labute approximate surface area is 132 Å². The van der Waals surface area contributed by atoms with Gasteiger partial charge in [-0.25, -0.2) is 0 Å². The van der Waals surface area contributed by atoms with E-state index in [0.717, 1.165) is 23.4 Å². The average Bonchev–Trinajstić information content (AvgIpc) is 2.34. The van der Waals surface area contributed by atoms with Crippen LogP contribution in [-0.2, 0) is 6.54 Å². The third-order valence-electron chi connectivity index (χ3n) is 3.12. The first-order chi connectivity index (χ1) is 9.31. The maximum atomic E-state index is 5.88. The quantitative estimate of drug-likeness (QED) is 0.740. The van der Waals surface area contributed by atoms with Gasteiger partial charge in [0.05, 0.1) is 11.1 Å². The topological polar surface area (TPSA) is 21.3 Å². The zero-order valence-electron chi connectivity index (χ0n) is 13.4. The second kappa shape index (κ2) is 8.04. The van der Waals surface area contributed by atoms with Gasteiger partial charge in [-0.15, -0.1) is 0 Å². The average molecular weight is 342 g/mol. The van der Waals surface area contributed by atoms with E-state index in [1.807, 2.05) is 0 Å². The largest absolute Gasteiger partial charge is 0.492 e. The molecule has 1 aromatic rings. The molecule has 114 valence electrons. The van der Waals surface area contributed by atoms with Crippen molar-refractivity contribution in [1.82, 2.24) is 5.32 Å². The molecule has 0 amide bonds. The Morgan fingerprint density at radius 2 is 2.00 bits per heavy atom.